The van der Waals surface area contributed by atoms with Gasteiger partial charge < -0.3 is 10.4 Å². The summed E-state index contributed by atoms with van der Waals surface area (Å²) in [6.45, 7) is 0.302. The summed E-state index contributed by atoms with van der Waals surface area (Å²) in [6.07, 6.45) is -2.58. The Labute approximate surface area is 185 Å². The fraction of sp³-hybridized carbons (Fsp3) is 0.136. The summed E-state index contributed by atoms with van der Waals surface area (Å²) in [5.74, 6) is 0.133. The van der Waals surface area contributed by atoms with Crippen LogP contribution in [0.3, 0.4) is 0 Å². The topological polar surface area (TPSA) is 79.5 Å². The van der Waals surface area contributed by atoms with Gasteiger partial charge in [-0.3, -0.25) is 0 Å². The highest BCUT2D eigenvalue weighted by atomic mass is 32.2. The van der Waals surface area contributed by atoms with Crippen molar-refractivity contribution in [2.45, 2.75) is 23.6 Å². The molecule has 0 radical (unpaired) electrons. The highest BCUT2D eigenvalue weighted by molar-refractivity contribution is 7.98. The Morgan fingerprint density at radius 2 is 1.72 bits per heavy atom. The fourth-order valence-electron chi connectivity index (χ4n) is 2.99. The van der Waals surface area contributed by atoms with Gasteiger partial charge in [0.1, 0.15) is 5.52 Å². The average molecular weight is 458 g/mol. The average Bonchev–Trinajstić information content (AvgIpc) is 3.25. The number of halogens is 3. The molecule has 0 bridgehead atoms. The van der Waals surface area contributed by atoms with E-state index in [1.54, 1.807) is 35.0 Å². The van der Waals surface area contributed by atoms with Crippen molar-refractivity contribution in [3.8, 4) is 0 Å². The van der Waals surface area contributed by atoms with Crippen molar-refractivity contribution in [1.82, 2.24) is 14.6 Å². The van der Waals surface area contributed by atoms with E-state index in [1.807, 2.05) is 12.1 Å². The molecule has 0 saturated heterocycles. The van der Waals surface area contributed by atoms with Gasteiger partial charge in [-0.15, -0.1) is 5.10 Å². The Morgan fingerprint density at radius 1 is 1.03 bits per heavy atom. The summed E-state index contributed by atoms with van der Waals surface area (Å²) in [4.78, 5) is 15.5. The summed E-state index contributed by atoms with van der Waals surface area (Å²) in [7, 11) is 0. The van der Waals surface area contributed by atoms with E-state index >= 15 is 0 Å². The standard InChI is InChI=1S/C22H17F3N4O2S/c23-22(24,25)17-9-5-14(6-10-17)12-26-19-18-2-1-11-29(18)28-21(27-19)32-13-15-3-7-16(8-4-15)20(30)31/h1-11H,12-13H2,(H,30,31)(H,26,27,28). The third-order valence-corrected chi connectivity index (χ3v) is 5.59. The molecule has 164 valence electrons. The van der Waals surface area contributed by atoms with E-state index in [4.69, 9.17) is 5.11 Å². The molecular formula is C22H17F3N4O2S. The Balaban J connectivity index is 1.47. The summed E-state index contributed by atoms with van der Waals surface area (Å²) < 4.78 is 39.9. The molecule has 0 unspecified atom stereocenters. The number of benzene rings is 2. The molecule has 4 aromatic rings. The van der Waals surface area contributed by atoms with Crippen molar-refractivity contribution >= 4 is 29.1 Å². The highest BCUT2D eigenvalue weighted by Crippen LogP contribution is 2.29. The molecule has 2 heterocycles. The Bertz CT molecular complexity index is 1240. The number of carbonyl (C=O) groups is 1. The van der Waals surface area contributed by atoms with Gasteiger partial charge in [0.05, 0.1) is 11.1 Å². The molecule has 0 aliphatic rings. The van der Waals surface area contributed by atoms with Crippen molar-refractivity contribution in [3.63, 3.8) is 0 Å². The predicted molar refractivity (Wildman–Crippen MR) is 115 cm³/mol. The van der Waals surface area contributed by atoms with E-state index in [0.717, 1.165) is 23.2 Å². The van der Waals surface area contributed by atoms with Crippen LogP contribution in [0.15, 0.2) is 72.0 Å². The lowest BCUT2D eigenvalue weighted by molar-refractivity contribution is -0.137. The van der Waals surface area contributed by atoms with Gasteiger partial charge in [-0.1, -0.05) is 36.0 Å². The maximum Gasteiger partial charge on any atom is 0.416 e. The van der Waals surface area contributed by atoms with Crippen LogP contribution in [0.1, 0.15) is 27.0 Å². The summed E-state index contributed by atoms with van der Waals surface area (Å²) in [6, 6.07) is 15.2. The molecule has 10 heteroatoms. The zero-order valence-electron chi connectivity index (χ0n) is 16.5. The third kappa shape index (κ3) is 5.02. The minimum absolute atomic E-state index is 0.221. The number of fused-ring (bicyclic) bond motifs is 1. The van der Waals surface area contributed by atoms with Crippen molar-refractivity contribution < 1.29 is 23.1 Å². The van der Waals surface area contributed by atoms with Gasteiger partial charge in [0, 0.05) is 18.5 Å². The zero-order chi connectivity index (χ0) is 22.7. The van der Waals surface area contributed by atoms with Crippen LogP contribution >= 0.6 is 11.8 Å². The molecule has 0 aliphatic heterocycles. The number of nitrogens with zero attached hydrogens (tertiary/aromatic N) is 3. The maximum atomic E-state index is 12.7. The van der Waals surface area contributed by atoms with Gasteiger partial charge in [0.25, 0.3) is 0 Å². The molecule has 0 fully saturated rings. The first-order chi connectivity index (χ1) is 15.3. The van der Waals surface area contributed by atoms with Gasteiger partial charge in [0.2, 0.25) is 5.16 Å². The zero-order valence-corrected chi connectivity index (χ0v) is 17.3. The van der Waals surface area contributed by atoms with E-state index in [9.17, 15) is 18.0 Å². The molecule has 32 heavy (non-hydrogen) atoms. The Kier molecular flexibility index (Phi) is 6.04. The first kappa shape index (κ1) is 21.7. The van der Waals surface area contributed by atoms with Crippen molar-refractivity contribution in [2.75, 3.05) is 5.32 Å². The quantitative estimate of drug-likeness (QED) is 0.364. The van der Waals surface area contributed by atoms with E-state index in [-0.39, 0.29) is 5.56 Å². The monoisotopic (exact) mass is 458 g/mol. The van der Waals surface area contributed by atoms with Crippen LogP contribution < -0.4 is 5.32 Å². The number of carboxylic acid groups (broad SMARTS) is 1. The summed E-state index contributed by atoms with van der Waals surface area (Å²) >= 11 is 1.39. The molecule has 0 saturated carbocycles. The van der Waals surface area contributed by atoms with Gasteiger partial charge in [0.15, 0.2) is 5.82 Å². The minimum Gasteiger partial charge on any atom is -0.478 e. The summed E-state index contributed by atoms with van der Waals surface area (Å²) in [5, 5.41) is 17.1. The third-order valence-electron chi connectivity index (χ3n) is 4.68. The van der Waals surface area contributed by atoms with Gasteiger partial charge >= 0.3 is 12.1 Å². The molecule has 6 nitrogen and oxygen atoms in total. The molecule has 0 spiro atoms. The number of hydrogen-bond acceptors (Lipinski definition) is 5. The lowest BCUT2D eigenvalue weighted by Crippen LogP contribution is -2.08. The van der Waals surface area contributed by atoms with Gasteiger partial charge in [-0.05, 0) is 47.5 Å². The lowest BCUT2D eigenvalue weighted by atomic mass is 10.1. The molecule has 0 amide bonds. The van der Waals surface area contributed by atoms with Crippen LogP contribution in [0.4, 0.5) is 19.0 Å². The van der Waals surface area contributed by atoms with Crippen molar-refractivity contribution in [3.05, 3.63) is 89.1 Å². The normalized spacial score (nSPS) is 11.6. The van der Waals surface area contributed by atoms with Crippen molar-refractivity contribution in [1.29, 1.82) is 0 Å². The largest absolute Gasteiger partial charge is 0.478 e. The second-order valence-electron chi connectivity index (χ2n) is 6.92. The smallest absolute Gasteiger partial charge is 0.416 e. The number of anilines is 1. The summed E-state index contributed by atoms with van der Waals surface area (Å²) in [5.41, 5.74) is 1.89. The molecule has 2 aromatic heterocycles. The van der Waals surface area contributed by atoms with Crippen LogP contribution in [0, 0.1) is 0 Å². The number of thioether (sulfide) groups is 1. The number of rotatable bonds is 7. The lowest BCUT2D eigenvalue weighted by Gasteiger charge is -2.11. The van der Waals surface area contributed by atoms with Crippen LogP contribution in [0.25, 0.3) is 5.52 Å². The van der Waals surface area contributed by atoms with Gasteiger partial charge in [-0.2, -0.15) is 13.2 Å². The van der Waals surface area contributed by atoms with Crippen molar-refractivity contribution in [2.24, 2.45) is 0 Å². The first-order valence-electron chi connectivity index (χ1n) is 9.50. The Morgan fingerprint density at radius 3 is 2.38 bits per heavy atom. The molecule has 0 atom stereocenters. The molecule has 0 aliphatic carbocycles. The van der Waals surface area contributed by atoms with Gasteiger partial charge in [-0.25, -0.2) is 14.3 Å². The SMILES string of the molecule is O=C(O)c1ccc(CSc2nc(NCc3ccc(C(F)(F)F)cc3)c3cccn3n2)cc1. The highest BCUT2D eigenvalue weighted by Gasteiger charge is 2.29. The molecule has 2 aromatic carbocycles. The number of aromatic nitrogens is 3. The minimum atomic E-state index is -4.36. The Hall–Kier alpha value is -3.53. The second-order valence-corrected chi connectivity index (χ2v) is 7.86. The fourth-order valence-corrected chi connectivity index (χ4v) is 3.78. The number of nitrogens with one attached hydrogen (secondary N) is 1. The second kappa shape index (κ2) is 8.91. The number of hydrogen-bond donors (Lipinski definition) is 2. The van der Waals surface area contributed by atoms with Crippen LogP contribution in [-0.4, -0.2) is 25.7 Å². The number of aromatic carboxylic acids is 1. The van der Waals surface area contributed by atoms with E-state index in [0.29, 0.717) is 28.8 Å². The number of alkyl halides is 3. The molecular weight excluding hydrogens is 441 g/mol. The van der Waals surface area contributed by atoms with Crippen LogP contribution in [0.5, 0.6) is 0 Å². The van der Waals surface area contributed by atoms with E-state index in [1.165, 1.54) is 23.9 Å². The maximum absolute atomic E-state index is 12.7. The predicted octanol–water partition coefficient (Wildman–Crippen LogP) is 5.35. The van der Waals surface area contributed by atoms with Crippen LogP contribution in [0.2, 0.25) is 0 Å². The van der Waals surface area contributed by atoms with E-state index < -0.39 is 17.7 Å². The number of carboxylic acids is 1. The van der Waals surface area contributed by atoms with E-state index in [2.05, 4.69) is 15.4 Å². The molecule has 2 N–H and O–H groups in total. The first-order valence-corrected chi connectivity index (χ1v) is 10.5. The van der Waals surface area contributed by atoms with Crippen LogP contribution in [-0.2, 0) is 18.5 Å². The molecule has 4 rings (SSSR count).